The summed E-state index contributed by atoms with van der Waals surface area (Å²) in [5, 5.41) is 12.2. The Morgan fingerprint density at radius 2 is 1.79 bits per heavy atom. The number of hydrogen-bond donors (Lipinski definition) is 1. The van der Waals surface area contributed by atoms with Gasteiger partial charge in [0.2, 0.25) is 0 Å². The van der Waals surface area contributed by atoms with Crippen LogP contribution >= 0.6 is 0 Å². The van der Waals surface area contributed by atoms with Crippen LogP contribution in [0.4, 0.5) is 0 Å². The molecule has 3 saturated carbocycles. The lowest BCUT2D eigenvalue weighted by Gasteiger charge is -2.60. The van der Waals surface area contributed by atoms with Crippen molar-refractivity contribution in [3.63, 3.8) is 0 Å². The number of aliphatic hydroxyl groups is 1. The molecule has 0 amide bonds. The quantitative estimate of drug-likeness (QED) is 0.484. The van der Waals surface area contributed by atoms with Crippen LogP contribution in [-0.2, 0) is 0 Å². The molecule has 1 heteroatoms. The summed E-state index contributed by atoms with van der Waals surface area (Å²) in [6.07, 6.45) is 18.3. The molecule has 0 aromatic heterocycles. The van der Waals surface area contributed by atoms with Crippen LogP contribution in [0, 0.1) is 40.4 Å². The van der Waals surface area contributed by atoms with Crippen LogP contribution in [0.5, 0.6) is 0 Å². The first-order valence-electron chi connectivity index (χ1n) is 12.7. The maximum Gasteiger partial charge on any atom is 0.0915 e. The monoisotopic (exact) mass is 386 g/mol. The van der Waals surface area contributed by atoms with E-state index in [4.69, 9.17) is 0 Å². The molecule has 0 saturated heterocycles. The second-order valence-electron chi connectivity index (χ2n) is 12.2. The maximum atomic E-state index is 12.2. The van der Waals surface area contributed by atoms with Gasteiger partial charge in [0, 0.05) is 5.41 Å². The summed E-state index contributed by atoms with van der Waals surface area (Å²) in [5.74, 6) is 3.78. The minimum atomic E-state index is -0.516. The van der Waals surface area contributed by atoms with Crippen molar-refractivity contribution in [2.24, 2.45) is 40.4 Å². The van der Waals surface area contributed by atoms with Crippen LogP contribution in [0.1, 0.15) is 112 Å². The largest absolute Gasteiger partial charge is 0.385 e. The van der Waals surface area contributed by atoms with Gasteiger partial charge in [-0.25, -0.2) is 0 Å². The smallest absolute Gasteiger partial charge is 0.0915 e. The summed E-state index contributed by atoms with van der Waals surface area (Å²) < 4.78 is 0. The average Bonchev–Trinajstić information content (AvgIpc) is 2.92. The van der Waals surface area contributed by atoms with Gasteiger partial charge in [0.1, 0.15) is 0 Å². The van der Waals surface area contributed by atoms with Crippen molar-refractivity contribution >= 4 is 0 Å². The molecule has 28 heavy (non-hydrogen) atoms. The van der Waals surface area contributed by atoms with Gasteiger partial charge in [-0.2, -0.15) is 0 Å². The summed E-state index contributed by atoms with van der Waals surface area (Å²) in [5.41, 5.74) is 1.54. The van der Waals surface area contributed by atoms with Crippen LogP contribution in [-0.4, -0.2) is 10.7 Å². The molecule has 0 radical (unpaired) electrons. The van der Waals surface area contributed by atoms with Crippen molar-refractivity contribution in [1.82, 2.24) is 0 Å². The molecule has 4 aliphatic rings. The van der Waals surface area contributed by atoms with Gasteiger partial charge in [0.25, 0.3) is 0 Å². The fourth-order valence-corrected chi connectivity index (χ4v) is 8.53. The Morgan fingerprint density at radius 1 is 1.00 bits per heavy atom. The molecule has 0 heterocycles. The number of allylic oxidation sites excluding steroid dienone is 1. The molecule has 0 spiro atoms. The fourth-order valence-electron chi connectivity index (χ4n) is 8.53. The highest BCUT2D eigenvalue weighted by Gasteiger charge is 2.64. The second-order valence-corrected chi connectivity index (χ2v) is 12.2. The lowest BCUT2D eigenvalue weighted by molar-refractivity contribution is -0.107. The first-order chi connectivity index (χ1) is 13.2. The normalized spacial score (nSPS) is 46.5. The highest BCUT2D eigenvalue weighted by Crippen LogP contribution is 2.68. The molecule has 0 aromatic rings. The third kappa shape index (κ3) is 3.05. The number of rotatable bonds is 5. The number of fused-ring (bicyclic) bond motifs is 5. The van der Waals surface area contributed by atoms with Crippen LogP contribution in [0.3, 0.4) is 0 Å². The molecule has 1 nitrogen and oxygen atoms in total. The second kappa shape index (κ2) is 7.44. The van der Waals surface area contributed by atoms with Gasteiger partial charge in [0.15, 0.2) is 0 Å². The Hall–Kier alpha value is -0.300. The average molecular weight is 387 g/mol. The van der Waals surface area contributed by atoms with Crippen LogP contribution in [0.15, 0.2) is 11.6 Å². The lowest BCUT2D eigenvalue weighted by Crippen LogP contribution is -2.57. The van der Waals surface area contributed by atoms with Crippen molar-refractivity contribution in [1.29, 1.82) is 0 Å². The van der Waals surface area contributed by atoms with Crippen molar-refractivity contribution in [2.75, 3.05) is 0 Å². The molecule has 7 unspecified atom stereocenters. The van der Waals surface area contributed by atoms with E-state index in [0.717, 1.165) is 24.2 Å². The van der Waals surface area contributed by atoms with E-state index in [1.54, 1.807) is 0 Å². The summed E-state index contributed by atoms with van der Waals surface area (Å²) in [7, 11) is 0. The molecule has 0 aliphatic heterocycles. The van der Waals surface area contributed by atoms with Gasteiger partial charge < -0.3 is 5.11 Å². The SMILES string of the molecule is CC(C)CCCC(C)C1CCC2(O)C3=CCC4CCCCC4(C)C3CCC12C. The predicted molar refractivity (Wildman–Crippen MR) is 119 cm³/mol. The van der Waals surface area contributed by atoms with Gasteiger partial charge >= 0.3 is 0 Å². The summed E-state index contributed by atoms with van der Waals surface area (Å²) in [6, 6.07) is 0. The molecule has 160 valence electrons. The fraction of sp³-hybridized carbons (Fsp3) is 0.926. The van der Waals surface area contributed by atoms with Gasteiger partial charge in [-0.3, -0.25) is 0 Å². The number of hydrogen-bond acceptors (Lipinski definition) is 1. The molecule has 4 rings (SSSR count). The Morgan fingerprint density at radius 3 is 2.54 bits per heavy atom. The zero-order valence-corrected chi connectivity index (χ0v) is 19.4. The van der Waals surface area contributed by atoms with Crippen molar-refractivity contribution in [3.05, 3.63) is 11.6 Å². The van der Waals surface area contributed by atoms with Gasteiger partial charge in [-0.15, -0.1) is 0 Å². The third-order valence-corrected chi connectivity index (χ3v) is 10.4. The Kier molecular flexibility index (Phi) is 5.56. The minimum absolute atomic E-state index is 0.102. The van der Waals surface area contributed by atoms with Crippen molar-refractivity contribution < 1.29 is 5.11 Å². The zero-order valence-electron chi connectivity index (χ0n) is 19.4. The Balaban J connectivity index is 1.56. The molecular weight excluding hydrogens is 340 g/mol. The minimum Gasteiger partial charge on any atom is -0.385 e. The first-order valence-corrected chi connectivity index (χ1v) is 12.7. The van der Waals surface area contributed by atoms with E-state index in [0.29, 0.717) is 17.3 Å². The van der Waals surface area contributed by atoms with E-state index in [1.807, 2.05) is 0 Å². The maximum absolute atomic E-state index is 12.2. The van der Waals surface area contributed by atoms with E-state index in [1.165, 1.54) is 76.2 Å². The highest BCUT2D eigenvalue weighted by molar-refractivity contribution is 5.35. The van der Waals surface area contributed by atoms with Gasteiger partial charge in [-0.05, 0) is 85.5 Å². The predicted octanol–water partition coefficient (Wildman–Crippen LogP) is 7.53. The molecule has 7 atom stereocenters. The molecule has 3 fully saturated rings. The highest BCUT2D eigenvalue weighted by atomic mass is 16.3. The topological polar surface area (TPSA) is 20.2 Å². The third-order valence-electron chi connectivity index (χ3n) is 10.4. The summed E-state index contributed by atoms with van der Waals surface area (Å²) >= 11 is 0. The summed E-state index contributed by atoms with van der Waals surface area (Å²) in [4.78, 5) is 0. The van der Waals surface area contributed by atoms with E-state index < -0.39 is 5.60 Å². The van der Waals surface area contributed by atoms with Crippen LogP contribution in [0.25, 0.3) is 0 Å². The first kappa shape index (κ1) is 21.0. The lowest BCUT2D eigenvalue weighted by atomic mass is 9.46. The van der Waals surface area contributed by atoms with E-state index in [2.05, 4.69) is 40.7 Å². The van der Waals surface area contributed by atoms with Gasteiger partial charge in [0.05, 0.1) is 5.60 Å². The van der Waals surface area contributed by atoms with E-state index in [9.17, 15) is 5.11 Å². The Labute approximate surface area is 174 Å². The van der Waals surface area contributed by atoms with Gasteiger partial charge in [-0.1, -0.05) is 72.8 Å². The van der Waals surface area contributed by atoms with Crippen LogP contribution in [0.2, 0.25) is 0 Å². The van der Waals surface area contributed by atoms with E-state index in [-0.39, 0.29) is 5.41 Å². The molecule has 4 aliphatic carbocycles. The molecular formula is C27H46O. The summed E-state index contributed by atoms with van der Waals surface area (Å²) in [6.45, 7) is 12.2. The standard InChI is InChI=1S/C27H46O/c1-19(2)9-8-10-20(3)22-15-18-27(28)24-13-12-21-11-6-7-16-25(21,4)23(24)14-17-26(22,27)5/h13,19-23,28H,6-12,14-18H2,1-5H3. The molecule has 0 bridgehead atoms. The zero-order chi connectivity index (χ0) is 20.2. The van der Waals surface area contributed by atoms with Crippen molar-refractivity contribution in [3.8, 4) is 0 Å². The van der Waals surface area contributed by atoms with Crippen molar-refractivity contribution in [2.45, 2.75) is 117 Å². The molecule has 1 N–H and O–H groups in total. The van der Waals surface area contributed by atoms with E-state index >= 15 is 0 Å². The Bertz CT molecular complexity index is 605. The van der Waals surface area contributed by atoms with Crippen LogP contribution < -0.4 is 0 Å². The molecule has 0 aromatic carbocycles.